The average molecular weight is 233 g/mol. The summed E-state index contributed by atoms with van der Waals surface area (Å²) in [6, 6.07) is 10.2. The Morgan fingerprint density at radius 1 is 1.25 bits per heavy atom. The maximum absolute atomic E-state index is 4.30. The third-order valence-electron chi connectivity index (χ3n) is 2.32. The van der Waals surface area contributed by atoms with Gasteiger partial charge < -0.3 is 5.32 Å². The molecule has 0 spiro atoms. The van der Waals surface area contributed by atoms with Crippen molar-refractivity contribution in [3.05, 3.63) is 35.9 Å². The Morgan fingerprint density at radius 2 is 2.00 bits per heavy atom. The highest BCUT2D eigenvalue weighted by Crippen LogP contribution is 2.21. The molecule has 1 unspecified atom stereocenters. The van der Waals surface area contributed by atoms with E-state index < -0.39 is 0 Å². The third-order valence-corrected chi connectivity index (χ3v) is 3.35. The van der Waals surface area contributed by atoms with Gasteiger partial charge in [0.2, 0.25) is 0 Å². The van der Waals surface area contributed by atoms with E-state index in [9.17, 15) is 0 Å². The lowest BCUT2D eigenvalue weighted by molar-refractivity contribution is 0.966. The van der Waals surface area contributed by atoms with Crippen molar-refractivity contribution in [2.45, 2.75) is 19.1 Å². The molecule has 1 aliphatic rings. The van der Waals surface area contributed by atoms with Gasteiger partial charge in [-0.2, -0.15) is 5.10 Å². The molecule has 3 nitrogen and oxygen atoms in total. The molecule has 0 saturated heterocycles. The first-order chi connectivity index (χ1) is 7.81. The maximum Gasteiger partial charge on any atom is 0.183 e. The zero-order valence-electron chi connectivity index (χ0n) is 9.47. The molecule has 16 heavy (non-hydrogen) atoms. The summed E-state index contributed by atoms with van der Waals surface area (Å²) in [6.45, 7) is 5.10. The fourth-order valence-electron chi connectivity index (χ4n) is 1.56. The van der Waals surface area contributed by atoms with Crippen LogP contribution in [0.2, 0.25) is 0 Å². The number of hydrogen-bond acceptors (Lipinski definition) is 4. The van der Waals surface area contributed by atoms with Crippen molar-refractivity contribution in [2.75, 3.05) is 6.54 Å². The summed E-state index contributed by atoms with van der Waals surface area (Å²) in [5, 5.41) is 12.9. The molecule has 84 valence electrons. The van der Waals surface area contributed by atoms with Gasteiger partial charge in [0.05, 0.1) is 11.0 Å². The van der Waals surface area contributed by atoms with Crippen LogP contribution >= 0.6 is 11.8 Å². The molecule has 0 amide bonds. The molecule has 0 aromatic heterocycles. The highest BCUT2D eigenvalue weighted by molar-refractivity contribution is 8.15. The van der Waals surface area contributed by atoms with Crippen LogP contribution in [0.25, 0.3) is 0 Å². The number of amidine groups is 1. The highest BCUT2D eigenvalue weighted by Gasteiger charge is 2.19. The molecule has 1 aromatic rings. The van der Waals surface area contributed by atoms with Crippen LogP contribution in [0.15, 0.2) is 40.5 Å². The monoisotopic (exact) mass is 233 g/mol. The number of nitrogens with one attached hydrogen (secondary N) is 1. The fourth-order valence-corrected chi connectivity index (χ4v) is 2.50. The van der Waals surface area contributed by atoms with Crippen molar-refractivity contribution in [2.24, 2.45) is 10.2 Å². The zero-order valence-corrected chi connectivity index (χ0v) is 10.3. The Balaban J connectivity index is 2.23. The summed E-state index contributed by atoms with van der Waals surface area (Å²) in [5.74, 6) is 0. The van der Waals surface area contributed by atoms with Gasteiger partial charge in [0.25, 0.3) is 0 Å². The van der Waals surface area contributed by atoms with Crippen molar-refractivity contribution < 1.29 is 0 Å². The van der Waals surface area contributed by atoms with E-state index in [1.54, 1.807) is 11.8 Å². The first-order valence-corrected chi connectivity index (χ1v) is 6.30. The van der Waals surface area contributed by atoms with E-state index >= 15 is 0 Å². The number of rotatable bonds is 2. The lowest BCUT2D eigenvalue weighted by atomic mass is 10.1. The molecule has 1 aliphatic heterocycles. The van der Waals surface area contributed by atoms with Crippen molar-refractivity contribution in [3.8, 4) is 0 Å². The Morgan fingerprint density at radius 3 is 2.62 bits per heavy atom. The number of thioether (sulfide) groups is 1. The second kappa shape index (κ2) is 5.16. The number of benzene rings is 1. The van der Waals surface area contributed by atoms with Crippen molar-refractivity contribution in [1.29, 1.82) is 0 Å². The lowest BCUT2D eigenvalue weighted by Gasteiger charge is -2.18. The van der Waals surface area contributed by atoms with E-state index in [-0.39, 0.29) is 0 Å². The van der Waals surface area contributed by atoms with E-state index in [2.05, 4.69) is 41.5 Å². The average Bonchev–Trinajstić information content (AvgIpc) is 2.31. The molecule has 2 rings (SSSR count). The Kier molecular flexibility index (Phi) is 3.62. The van der Waals surface area contributed by atoms with Gasteiger partial charge in [-0.3, -0.25) is 0 Å². The van der Waals surface area contributed by atoms with E-state index in [0.29, 0.717) is 5.25 Å². The van der Waals surface area contributed by atoms with Gasteiger partial charge in [0.1, 0.15) is 0 Å². The topological polar surface area (TPSA) is 36.8 Å². The second-order valence-corrected chi connectivity index (χ2v) is 4.88. The zero-order chi connectivity index (χ0) is 11.4. The van der Waals surface area contributed by atoms with Crippen LogP contribution in [0.1, 0.15) is 19.4 Å². The third kappa shape index (κ3) is 2.44. The summed E-state index contributed by atoms with van der Waals surface area (Å²) in [7, 11) is 0. The largest absolute Gasteiger partial charge is 0.363 e. The highest BCUT2D eigenvalue weighted by atomic mass is 32.2. The predicted molar refractivity (Wildman–Crippen MR) is 71.1 cm³/mol. The van der Waals surface area contributed by atoms with E-state index in [4.69, 9.17) is 0 Å². The minimum atomic E-state index is 0.342. The molecule has 1 aromatic carbocycles. The van der Waals surface area contributed by atoms with Crippen LogP contribution in [-0.4, -0.2) is 22.7 Å². The number of nitrogens with zero attached hydrogens (tertiary/aromatic N) is 2. The van der Waals surface area contributed by atoms with Crippen LogP contribution in [0.3, 0.4) is 0 Å². The quantitative estimate of drug-likeness (QED) is 0.852. The molecule has 1 atom stereocenters. The Bertz CT molecular complexity index is 412. The van der Waals surface area contributed by atoms with Crippen LogP contribution in [-0.2, 0) is 0 Å². The molecule has 0 fully saturated rings. The standard InChI is InChI=1S/C12H15N3S/c1-3-13-12-15-14-11(9(2)16-12)10-7-5-4-6-8-10/h4-9H,3H2,1-2H3,(H,13,15). The van der Waals surface area contributed by atoms with E-state index in [1.165, 1.54) is 0 Å². The maximum atomic E-state index is 4.30. The molecule has 0 aliphatic carbocycles. The SMILES string of the molecule is CCNC1=NN=C(c2ccccc2)C(C)S1. The summed E-state index contributed by atoms with van der Waals surface area (Å²) in [4.78, 5) is 0. The van der Waals surface area contributed by atoms with Gasteiger partial charge in [0, 0.05) is 6.54 Å². The fraction of sp³-hybridized carbons (Fsp3) is 0.333. The summed E-state index contributed by atoms with van der Waals surface area (Å²) in [5.41, 5.74) is 2.20. The molecular weight excluding hydrogens is 218 g/mol. The Labute approximate surface area is 100 Å². The Hall–Kier alpha value is -1.29. The molecule has 0 saturated carbocycles. The second-order valence-electron chi connectivity index (χ2n) is 3.55. The van der Waals surface area contributed by atoms with Crippen molar-refractivity contribution in [1.82, 2.24) is 5.32 Å². The molecular formula is C12H15N3S. The molecule has 0 bridgehead atoms. The van der Waals surface area contributed by atoms with Crippen LogP contribution in [0, 0.1) is 0 Å². The first kappa shape index (κ1) is 11.2. The molecule has 4 heteroatoms. The first-order valence-electron chi connectivity index (χ1n) is 5.42. The van der Waals surface area contributed by atoms with Crippen LogP contribution < -0.4 is 5.32 Å². The normalized spacial score (nSPS) is 20.0. The minimum absolute atomic E-state index is 0.342. The van der Waals surface area contributed by atoms with Crippen molar-refractivity contribution >= 4 is 22.6 Å². The van der Waals surface area contributed by atoms with Gasteiger partial charge in [-0.25, -0.2) is 0 Å². The van der Waals surface area contributed by atoms with Crippen LogP contribution in [0.5, 0.6) is 0 Å². The van der Waals surface area contributed by atoms with E-state index in [1.807, 2.05) is 18.2 Å². The molecule has 1 heterocycles. The van der Waals surface area contributed by atoms with Gasteiger partial charge in [-0.05, 0) is 19.4 Å². The van der Waals surface area contributed by atoms with Crippen molar-refractivity contribution in [3.63, 3.8) is 0 Å². The lowest BCUT2D eigenvalue weighted by Crippen LogP contribution is -2.28. The van der Waals surface area contributed by atoms with Gasteiger partial charge in [0.15, 0.2) is 5.17 Å². The smallest absolute Gasteiger partial charge is 0.183 e. The van der Waals surface area contributed by atoms with E-state index in [0.717, 1.165) is 23.0 Å². The van der Waals surface area contributed by atoms with Gasteiger partial charge in [-0.1, -0.05) is 42.1 Å². The predicted octanol–water partition coefficient (Wildman–Crippen LogP) is 2.49. The summed E-state index contributed by atoms with van der Waals surface area (Å²) < 4.78 is 0. The van der Waals surface area contributed by atoms with Crippen LogP contribution in [0.4, 0.5) is 0 Å². The molecule has 1 N–H and O–H groups in total. The number of hydrogen-bond donors (Lipinski definition) is 1. The summed E-state index contributed by atoms with van der Waals surface area (Å²) in [6.07, 6.45) is 0. The van der Waals surface area contributed by atoms with Gasteiger partial charge >= 0.3 is 0 Å². The van der Waals surface area contributed by atoms with Gasteiger partial charge in [-0.15, -0.1) is 5.10 Å². The summed E-state index contributed by atoms with van der Waals surface area (Å²) >= 11 is 1.72. The minimum Gasteiger partial charge on any atom is -0.363 e. The molecule has 0 radical (unpaired) electrons.